The van der Waals surface area contributed by atoms with E-state index in [1.54, 1.807) is 17.5 Å². The van der Waals surface area contributed by atoms with E-state index in [4.69, 9.17) is 23.2 Å². The SMILES string of the molecule is CN1C(=O)C(O)=C(C(=O)NCCCc2ccc(Cl)c(Cl)c2)C1c1csnn1. The number of nitrogens with zero attached hydrogens (tertiary/aromatic N) is 3. The molecule has 0 radical (unpaired) electrons. The lowest BCUT2D eigenvalue weighted by molar-refractivity contribution is -0.128. The van der Waals surface area contributed by atoms with Crippen LogP contribution in [0.3, 0.4) is 0 Å². The van der Waals surface area contributed by atoms with E-state index in [1.165, 1.54) is 11.9 Å². The normalized spacial score (nSPS) is 16.9. The zero-order valence-corrected chi connectivity index (χ0v) is 16.6. The van der Waals surface area contributed by atoms with Crippen molar-refractivity contribution in [1.82, 2.24) is 19.8 Å². The number of carbonyl (C=O) groups excluding carboxylic acids is 2. The zero-order chi connectivity index (χ0) is 19.6. The Kier molecular flexibility index (Phi) is 5.98. The summed E-state index contributed by atoms with van der Waals surface area (Å²) in [6.45, 7) is 0.371. The van der Waals surface area contributed by atoms with Crippen LogP contribution in [0.5, 0.6) is 0 Å². The third kappa shape index (κ3) is 4.07. The van der Waals surface area contributed by atoms with Crippen molar-refractivity contribution in [2.75, 3.05) is 13.6 Å². The average Bonchev–Trinajstić information content (AvgIpc) is 3.24. The zero-order valence-electron chi connectivity index (χ0n) is 14.3. The molecule has 2 amide bonds. The van der Waals surface area contributed by atoms with Crippen molar-refractivity contribution in [1.29, 1.82) is 0 Å². The van der Waals surface area contributed by atoms with Crippen molar-refractivity contribution < 1.29 is 14.7 Å². The molecular formula is C17H16Cl2N4O3S. The molecule has 1 atom stereocenters. The quantitative estimate of drug-likeness (QED) is 0.692. The molecule has 0 aliphatic carbocycles. The molecule has 142 valence electrons. The summed E-state index contributed by atoms with van der Waals surface area (Å²) in [6.07, 6.45) is 1.35. The molecule has 1 unspecified atom stereocenters. The Morgan fingerprint density at radius 1 is 1.37 bits per heavy atom. The minimum Gasteiger partial charge on any atom is -0.503 e. The molecule has 2 aromatic rings. The predicted molar refractivity (Wildman–Crippen MR) is 103 cm³/mol. The van der Waals surface area contributed by atoms with E-state index in [-0.39, 0.29) is 5.57 Å². The van der Waals surface area contributed by atoms with Gasteiger partial charge < -0.3 is 15.3 Å². The molecule has 0 bridgehead atoms. The molecule has 2 N–H and O–H groups in total. The Balaban J connectivity index is 1.62. The maximum atomic E-state index is 12.6. The van der Waals surface area contributed by atoms with Gasteiger partial charge in [0.05, 0.1) is 15.6 Å². The summed E-state index contributed by atoms with van der Waals surface area (Å²) >= 11 is 13.0. The van der Waals surface area contributed by atoms with Crippen LogP contribution in [-0.4, -0.2) is 45.0 Å². The summed E-state index contributed by atoms with van der Waals surface area (Å²) in [5.74, 6) is -1.68. The maximum absolute atomic E-state index is 12.6. The number of aliphatic hydroxyl groups excluding tert-OH is 1. The van der Waals surface area contributed by atoms with Crippen molar-refractivity contribution in [3.63, 3.8) is 0 Å². The predicted octanol–water partition coefficient (Wildman–Crippen LogP) is 2.92. The number of hydrogen-bond acceptors (Lipinski definition) is 6. The summed E-state index contributed by atoms with van der Waals surface area (Å²) in [7, 11) is 1.51. The number of likely N-dealkylation sites (N-methyl/N-ethyl adjacent to an activating group) is 1. The number of aliphatic hydroxyl groups is 1. The molecule has 1 aliphatic heterocycles. The topological polar surface area (TPSA) is 95.4 Å². The second-order valence-electron chi connectivity index (χ2n) is 6.02. The monoisotopic (exact) mass is 426 g/mol. The van der Waals surface area contributed by atoms with Gasteiger partial charge in [0.15, 0.2) is 5.76 Å². The Morgan fingerprint density at radius 2 is 2.15 bits per heavy atom. The molecule has 3 rings (SSSR count). The first-order chi connectivity index (χ1) is 12.9. The van der Waals surface area contributed by atoms with Crippen LogP contribution in [-0.2, 0) is 16.0 Å². The fourth-order valence-electron chi connectivity index (χ4n) is 2.88. The number of carbonyl (C=O) groups is 2. The Labute approximate surface area is 169 Å². The first-order valence-corrected chi connectivity index (χ1v) is 9.68. The van der Waals surface area contributed by atoms with Crippen LogP contribution in [0, 0.1) is 0 Å². The van der Waals surface area contributed by atoms with E-state index in [0.29, 0.717) is 35.1 Å². The largest absolute Gasteiger partial charge is 0.503 e. The molecule has 0 saturated heterocycles. The molecule has 27 heavy (non-hydrogen) atoms. The van der Waals surface area contributed by atoms with Gasteiger partial charge in [-0.3, -0.25) is 9.59 Å². The Bertz CT molecular complexity index is 902. The third-order valence-corrected chi connectivity index (χ3v) is 5.51. The highest BCUT2D eigenvalue weighted by molar-refractivity contribution is 7.03. The third-order valence-electron chi connectivity index (χ3n) is 4.25. The molecule has 0 fully saturated rings. The highest BCUT2D eigenvalue weighted by Gasteiger charge is 2.42. The van der Waals surface area contributed by atoms with Crippen molar-refractivity contribution in [3.8, 4) is 0 Å². The number of halogens is 2. The molecule has 0 spiro atoms. The van der Waals surface area contributed by atoms with E-state index in [0.717, 1.165) is 17.1 Å². The molecule has 1 aromatic carbocycles. The van der Waals surface area contributed by atoms with Crippen LogP contribution in [0.1, 0.15) is 23.7 Å². The van der Waals surface area contributed by atoms with Gasteiger partial charge in [-0.25, -0.2) is 0 Å². The first kappa shape index (κ1) is 19.6. The van der Waals surface area contributed by atoms with Crippen molar-refractivity contribution in [3.05, 3.63) is 56.2 Å². The van der Waals surface area contributed by atoms with E-state index in [2.05, 4.69) is 14.9 Å². The van der Waals surface area contributed by atoms with Gasteiger partial charge in [-0.2, -0.15) is 0 Å². The standard InChI is InChI=1S/C17H16Cl2N4O3S/c1-23-14(12-8-27-22-21-12)13(15(24)17(23)26)16(25)20-6-2-3-9-4-5-10(18)11(19)7-9/h4-5,7-8,14,24H,2-3,6H2,1H3,(H,20,25). The van der Waals surface area contributed by atoms with Crippen molar-refractivity contribution in [2.24, 2.45) is 0 Å². The number of rotatable bonds is 6. The van der Waals surface area contributed by atoms with Crippen molar-refractivity contribution >= 4 is 46.5 Å². The first-order valence-electron chi connectivity index (χ1n) is 8.09. The van der Waals surface area contributed by atoms with Gasteiger partial charge in [0, 0.05) is 19.0 Å². The summed E-state index contributed by atoms with van der Waals surface area (Å²) in [5, 5.41) is 19.4. The summed E-state index contributed by atoms with van der Waals surface area (Å²) in [6, 6.07) is 4.65. The van der Waals surface area contributed by atoms with Crippen LogP contribution >= 0.6 is 34.7 Å². The number of benzene rings is 1. The molecule has 0 saturated carbocycles. The van der Waals surface area contributed by atoms with Gasteiger partial charge in [-0.05, 0) is 42.1 Å². The Morgan fingerprint density at radius 3 is 2.81 bits per heavy atom. The summed E-state index contributed by atoms with van der Waals surface area (Å²) in [5.41, 5.74) is 1.44. The lowest BCUT2D eigenvalue weighted by Gasteiger charge is -2.19. The van der Waals surface area contributed by atoms with E-state index in [9.17, 15) is 14.7 Å². The smallest absolute Gasteiger partial charge is 0.289 e. The second kappa shape index (κ2) is 8.24. The van der Waals surface area contributed by atoms with Gasteiger partial charge in [-0.1, -0.05) is 33.8 Å². The average molecular weight is 427 g/mol. The van der Waals surface area contributed by atoms with Crippen LogP contribution in [0.4, 0.5) is 0 Å². The van der Waals surface area contributed by atoms with E-state index >= 15 is 0 Å². The minimum absolute atomic E-state index is 0.00950. The number of hydrogen-bond donors (Lipinski definition) is 2. The van der Waals surface area contributed by atoms with Gasteiger partial charge in [0.1, 0.15) is 11.7 Å². The fourth-order valence-corrected chi connectivity index (χ4v) is 3.67. The van der Waals surface area contributed by atoms with E-state index in [1.807, 2.05) is 6.07 Å². The minimum atomic E-state index is -0.744. The molecule has 10 heteroatoms. The molecule has 1 aliphatic rings. The lowest BCUT2D eigenvalue weighted by atomic mass is 10.0. The number of amides is 2. The van der Waals surface area contributed by atoms with Gasteiger partial charge >= 0.3 is 0 Å². The molecular weight excluding hydrogens is 411 g/mol. The summed E-state index contributed by atoms with van der Waals surface area (Å²) in [4.78, 5) is 25.9. The van der Waals surface area contributed by atoms with Crippen molar-refractivity contribution in [2.45, 2.75) is 18.9 Å². The van der Waals surface area contributed by atoms with Crippen LogP contribution in [0.2, 0.25) is 10.0 Å². The lowest BCUT2D eigenvalue weighted by Crippen LogP contribution is -2.32. The highest BCUT2D eigenvalue weighted by atomic mass is 35.5. The van der Waals surface area contributed by atoms with Gasteiger partial charge in [-0.15, -0.1) is 5.10 Å². The summed E-state index contributed by atoms with van der Waals surface area (Å²) < 4.78 is 3.76. The number of aromatic nitrogens is 2. The number of nitrogens with one attached hydrogen (secondary N) is 1. The molecule has 7 nitrogen and oxygen atoms in total. The molecule has 2 heterocycles. The number of aryl methyl sites for hydroxylation is 1. The second-order valence-corrected chi connectivity index (χ2v) is 7.44. The van der Waals surface area contributed by atoms with Crippen LogP contribution < -0.4 is 5.32 Å². The van der Waals surface area contributed by atoms with Crippen LogP contribution in [0.15, 0.2) is 34.9 Å². The van der Waals surface area contributed by atoms with Gasteiger partial charge in [0.2, 0.25) is 0 Å². The van der Waals surface area contributed by atoms with Gasteiger partial charge in [0.25, 0.3) is 11.8 Å². The maximum Gasteiger partial charge on any atom is 0.289 e. The highest BCUT2D eigenvalue weighted by Crippen LogP contribution is 2.35. The van der Waals surface area contributed by atoms with Crippen LogP contribution in [0.25, 0.3) is 0 Å². The van der Waals surface area contributed by atoms with E-state index < -0.39 is 23.6 Å². The Hall–Kier alpha value is -2.16. The fraction of sp³-hybridized carbons (Fsp3) is 0.294. The molecule has 1 aromatic heterocycles.